The van der Waals surface area contributed by atoms with Crippen LogP contribution in [-0.4, -0.2) is 12.6 Å². The normalized spacial score (nSPS) is 12.2. The van der Waals surface area contributed by atoms with Gasteiger partial charge in [0.1, 0.15) is 0 Å². The maximum Gasteiger partial charge on any atom is 0.305 e. The second kappa shape index (κ2) is 33.7. The summed E-state index contributed by atoms with van der Waals surface area (Å²) < 4.78 is 5.42. The molecule has 1 atom stereocenters. The van der Waals surface area contributed by atoms with Crippen LogP contribution < -0.4 is 0 Å². The molecule has 0 aromatic heterocycles. The molecule has 0 aromatic rings. The summed E-state index contributed by atoms with van der Waals surface area (Å²) in [6.07, 6.45) is 41.7. The van der Waals surface area contributed by atoms with Gasteiger partial charge in [-0.05, 0) is 18.8 Å². The summed E-state index contributed by atoms with van der Waals surface area (Å²) in [4.78, 5) is 11.9. The fraction of sp³-hybridized carbons (Fsp3) is 0.973. The lowest BCUT2D eigenvalue weighted by Gasteiger charge is -2.07. The third-order valence-corrected chi connectivity index (χ3v) is 8.79. The Labute approximate surface area is 247 Å². The first-order chi connectivity index (χ1) is 19.2. The minimum atomic E-state index is 0.0242. The molecule has 0 saturated heterocycles. The molecule has 0 N–H and O–H groups in total. The Morgan fingerprint density at radius 2 is 0.795 bits per heavy atom. The molecular weight excluding hydrogens is 476 g/mol. The van der Waals surface area contributed by atoms with Crippen molar-refractivity contribution in [3.05, 3.63) is 0 Å². The highest BCUT2D eigenvalue weighted by atomic mass is 16.5. The van der Waals surface area contributed by atoms with E-state index in [9.17, 15) is 4.79 Å². The molecule has 2 heteroatoms. The van der Waals surface area contributed by atoms with Crippen LogP contribution in [-0.2, 0) is 9.53 Å². The second-order valence-corrected chi connectivity index (χ2v) is 12.8. The van der Waals surface area contributed by atoms with E-state index in [1.54, 1.807) is 0 Å². The maximum absolute atomic E-state index is 11.9. The monoisotopic (exact) mass is 551 g/mol. The molecule has 0 aliphatic rings. The predicted molar refractivity (Wildman–Crippen MR) is 175 cm³/mol. The summed E-state index contributed by atoms with van der Waals surface area (Å²) >= 11 is 0. The van der Waals surface area contributed by atoms with Gasteiger partial charge in [-0.1, -0.05) is 201 Å². The van der Waals surface area contributed by atoms with Crippen molar-refractivity contribution >= 4 is 5.97 Å². The highest BCUT2D eigenvalue weighted by Crippen LogP contribution is 2.17. The molecule has 0 amide bonds. The molecule has 0 heterocycles. The maximum atomic E-state index is 11.9. The first-order valence-corrected chi connectivity index (χ1v) is 18.4. The van der Waals surface area contributed by atoms with Gasteiger partial charge in [0.05, 0.1) is 6.61 Å². The van der Waals surface area contributed by atoms with Crippen LogP contribution in [0.2, 0.25) is 0 Å². The summed E-state index contributed by atoms with van der Waals surface area (Å²) in [6.45, 7) is 7.61. The number of carbonyl (C=O) groups is 1. The summed E-state index contributed by atoms with van der Waals surface area (Å²) in [5.41, 5.74) is 0. The van der Waals surface area contributed by atoms with Crippen LogP contribution in [0.25, 0.3) is 0 Å². The zero-order valence-electron chi connectivity index (χ0n) is 27.5. The van der Waals surface area contributed by atoms with Gasteiger partial charge >= 0.3 is 5.97 Å². The summed E-state index contributed by atoms with van der Waals surface area (Å²) in [6, 6.07) is 0. The molecule has 0 saturated carbocycles. The van der Waals surface area contributed by atoms with Gasteiger partial charge in [-0.25, -0.2) is 0 Å². The highest BCUT2D eigenvalue weighted by molar-refractivity contribution is 5.69. The van der Waals surface area contributed by atoms with Crippen LogP contribution >= 0.6 is 0 Å². The first kappa shape index (κ1) is 38.5. The lowest BCUT2D eigenvalue weighted by Crippen LogP contribution is -2.05. The Morgan fingerprint density at radius 1 is 0.462 bits per heavy atom. The Balaban J connectivity index is 3.13. The topological polar surface area (TPSA) is 26.3 Å². The van der Waals surface area contributed by atoms with E-state index in [2.05, 4.69) is 20.8 Å². The van der Waals surface area contributed by atoms with Crippen molar-refractivity contribution in [2.75, 3.05) is 6.61 Å². The van der Waals surface area contributed by atoms with Crippen molar-refractivity contribution in [3.8, 4) is 0 Å². The van der Waals surface area contributed by atoms with E-state index in [0.717, 1.165) is 18.8 Å². The van der Waals surface area contributed by atoms with E-state index < -0.39 is 0 Å². The quantitative estimate of drug-likeness (QED) is 0.0600. The van der Waals surface area contributed by atoms with Crippen molar-refractivity contribution in [2.24, 2.45) is 5.92 Å². The summed E-state index contributed by atoms with van der Waals surface area (Å²) in [5, 5.41) is 0. The van der Waals surface area contributed by atoms with Crippen molar-refractivity contribution < 1.29 is 9.53 Å². The molecule has 0 aliphatic heterocycles. The molecule has 0 aliphatic carbocycles. The van der Waals surface area contributed by atoms with Crippen LogP contribution in [0.5, 0.6) is 0 Å². The third-order valence-electron chi connectivity index (χ3n) is 8.79. The smallest absolute Gasteiger partial charge is 0.305 e. The molecule has 39 heavy (non-hydrogen) atoms. The lowest BCUT2D eigenvalue weighted by molar-refractivity contribution is -0.143. The van der Waals surface area contributed by atoms with Crippen molar-refractivity contribution in [3.63, 3.8) is 0 Å². The molecule has 0 fully saturated rings. The van der Waals surface area contributed by atoms with Crippen LogP contribution in [0.1, 0.15) is 220 Å². The zero-order valence-corrected chi connectivity index (χ0v) is 27.5. The number of rotatable bonds is 33. The van der Waals surface area contributed by atoms with Gasteiger partial charge < -0.3 is 4.74 Å². The Kier molecular flexibility index (Phi) is 33.2. The predicted octanol–water partition coefficient (Wildman–Crippen LogP) is 13.3. The van der Waals surface area contributed by atoms with E-state index in [0.29, 0.717) is 13.0 Å². The van der Waals surface area contributed by atoms with Gasteiger partial charge in [0.15, 0.2) is 0 Å². The van der Waals surface area contributed by atoms with Crippen LogP contribution in [0.4, 0.5) is 0 Å². The fourth-order valence-electron chi connectivity index (χ4n) is 5.64. The van der Waals surface area contributed by atoms with Gasteiger partial charge in [0, 0.05) is 6.42 Å². The Bertz CT molecular complexity index is 460. The van der Waals surface area contributed by atoms with Crippen LogP contribution in [0, 0.1) is 5.92 Å². The van der Waals surface area contributed by atoms with E-state index in [-0.39, 0.29) is 5.97 Å². The van der Waals surface area contributed by atoms with Crippen molar-refractivity contribution in [1.29, 1.82) is 0 Å². The average Bonchev–Trinajstić information content (AvgIpc) is 2.94. The third kappa shape index (κ3) is 33.6. The summed E-state index contributed by atoms with van der Waals surface area (Å²) in [7, 11) is 0. The molecule has 0 rings (SSSR count). The van der Waals surface area contributed by atoms with Crippen LogP contribution in [0.3, 0.4) is 0 Å². The van der Waals surface area contributed by atoms with E-state index in [1.807, 2.05) is 0 Å². The number of hydrogen-bond acceptors (Lipinski definition) is 2. The minimum Gasteiger partial charge on any atom is -0.466 e. The van der Waals surface area contributed by atoms with Gasteiger partial charge in [0.2, 0.25) is 0 Å². The average molecular weight is 551 g/mol. The molecule has 2 nitrogen and oxygen atoms in total. The molecule has 0 aromatic carbocycles. The van der Waals surface area contributed by atoms with Gasteiger partial charge in [-0.2, -0.15) is 0 Å². The Hall–Kier alpha value is -0.530. The summed E-state index contributed by atoms with van der Waals surface area (Å²) in [5.74, 6) is 0.959. The standard InChI is InChI=1S/C37H74O2/c1-4-6-7-8-9-21-25-28-31-34-37(38)39-35-32-29-26-23-20-18-16-14-12-10-11-13-15-17-19-22-24-27-30-33-36(3)5-2/h36H,4-35H2,1-3H3. The fourth-order valence-corrected chi connectivity index (χ4v) is 5.64. The molecule has 234 valence electrons. The number of carbonyl (C=O) groups excluding carboxylic acids is 1. The number of esters is 1. The first-order valence-electron chi connectivity index (χ1n) is 18.4. The number of ether oxygens (including phenoxy) is 1. The molecule has 0 bridgehead atoms. The van der Waals surface area contributed by atoms with E-state index >= 15 is 0 Å². The molecule has 0 spiro atoms. The largest absolute Gasteiger partial charge is 0.466 e. The van der Waals surface area contributed by atoms with E-state index in [1.165, 1.54) is 180 Å². The molecule has 1 unspecified atom stereocenters. The van der Waals surface area contributed by atoms with Crippen molar-refractivity contribution in [1.82, 2.24) is 0 Å². The number of unbranched alkanes of at least 4 members (excludes halogenated alkanes) is 26. The SMILES string of the molecule is CCCCCCCCCCCC(=O)OCCCCCCCCCCCCCCCCCCCCCC(C)CC. The molecule has 0 radical (unpaired) electrons. The minimum absolute atomic E-state index is 0.0242. The van der Waals surface area contributed by atoms with Gasteiger partial charge in [-0.15, -0.1) is 0 Å². The lowest BCUT2D eigenvalue weighted by atomic mass is 9.99. The zero-order chi connectivity index (χ0) is 28.5. The van der Waals surface area contributed by atoms with Crippen molar-refractivity contribution in [2.45, 2.75) is 220 Å². The van der Waals surface area contributed by atoms with Crippen LogP contribution in [0.15, 0.2) is 0 Å². The number of hydrogen-bond donors (Lipinski definition) is 0. The molecular formula is C37H74O2. The second-order valence-electron chi connectivity index (χ2n) is 12.8. The van der Waals surface area contributed by atoms with Gasteiger partial charge in [0.25, 0.3) is 0 Å². The van der Waals surface area contributed by atoms with E-state index in [4.69, 9.17) is 4.74 Å². The highest BCUT2D eigenvalue weighted by Gasteiger charge is 2.03. The Morgan fingerprint density at radius 3 is 1.18 bits per heavy atom. The van der Waals surface area contributed by atoms with Gasteiger partial charge in [-0.3, -0.25) is 4.79 Å².